The summed E-state index contributed by atoms with van der Waals surface area (Å²) in [5.41, 5.74) is 5.08. The van der Waals surface area contributed by atoms with Crippen LogP contribution in [-0.2, 0) is 0 Å². The van der Waals surface area contributed by atoms with E-state index in [4.69, 9.17) is 4.99 Å². The maximum atomic E-state index is 4.71. The van der Waals surface area contributed by atoms with Crippen LogP contribution in [0.1, 0.15) is 30.4 Å². The predicted octanol–water partition coefficient (Wildman–Crippen LogP) is 4.70. The summed E-state index contributed by atoms with van der Waals surface area (Å²) in [6.45, 7) is 0. The summed E-state index contributed by atoms with van der Waals surface area (Å²) < 4.78 is 0. The van der Waals surface area contributed by atoms with Gasteiger partial charge in [-0.05, 0) is 36.0 Å². The maximum absolute atomic E-state index is 4.71. The number of hydrogen-bond donors (Lipinski definition) is 0. The fourth-order valence-corrected chi connectivity index (χ4v) is 2.45. The first-order chi connectivity index (χ1) is 9.43. The Morgan fingerprint density at radius 1 is 0.684 bits per heavy atom. The van der Waals surface area contributed by atoms with Crippen LogP contribution in [0.4, 0.5) is 0 Å². The molecule has 94 valence electrons. The Morgan fingerprint density at radius 3 is 2.00 bits per heavy atom. The molecule has 0 amide bonds. The molecule has 1 heterocycles. The summed E-state index contributed by atoms with van der Waals surface area (Å²) in [5.74, 6) is 0. The van der Waals surface area contributed by atoms with E-state index >= 15 is 0 Å². The van der Waals surface area contributed by atoms with Gasteiger partial charge in [-0.25, -0.2) is 0 Å². The molecule has 0 N–H and O–H groups in total. The second-order valence-corrected chi connectivity index (χ2v) is 4.82. The van der Waals surface area contributed by atoms with Gasteiger partial charge in [0.05, 0.1) is 0 Å². The van der Waals surface area contributed by atoms with Gasteiger partial charge in [0.25, 0.3) is 0 Å². The normalized spacial score (nSPS) is 15.4. The van der Waals surface area contributed by atoms with Crippen molar-refractivity contribution in [1.82, 2.24) is 0 Å². The highest BCUT2D eigenvalue weighted by molar-refractivity contribution is 6.01. The molecule has 0 spiro atoms. The van der Waals surface area contributed by atoms with Crippen LogP contribution in [0.3, 0.4) is 0 Å². The number of allylic oxidation sites excluding steroid dienone is 1. The van der Waals surface area contributed by atoms with E-state index in [0.717, 1.165) is 19.3 Å². The van der Waals surface area contributed by atoms with E-state index < -0.39 is 0 Å². The van der Waals surface area contributed by atoms with Crippen LogP contribution in [0.15, 0.2) is 71.9 Å². The monoisotopic (exact) mass is 247 g/mol. The van der Waals surface area contributed by atoms with Crippen LogP contribution in [0.5, 0.6) is 0 Å². The second kappa shape index (κ2) is 5.66. The van der Waals surface area contributed by atoms with E-state index in [1.54, 1.807) is 0 Å². The van der Waals surface area contributed by atoms with Gasteiger partial charge in [-0.2, -0.15) is 0 Å². The van der Waals surface area contributed by atoms with E-state index in [9.17, 15) is 0 Å². The molecule has 19 heavy (non-hydrogen) atoms. The van der Waals surface area contributed by atoms with Crippen molar-refractivity contribution in [3.8, 4) is 0 Å². The smallest absolute Gasteiger partial charge is 0.0476 e. The molecular weight excluding hydrogens is 230 g/mol. The number of hydrogen-bond acceptors (Lipinski definition) is 1. The van der Waals surface area contributed by atoms with E-state index in [2.05, 4.69) is 54.6 Å². The zero-order valence-corrected chi connectivity index (χ0v) is 10.9. The zero-order valence-electron chi connectivity index (χ0n) is 10.9. The summed E-state index contributed by atoms with van der Waals surface area (Å²) in [4.78, 5) is 4.71. The van der Waals surface area contributed by atoms with Crippen LogP contribution < -0.4 is 0 Å². The quantitative estimate of drug-likeness (QED) is 0.729. The van der Waals surface area contributed by atoms with Crippen molar-refractivity contribution >= 4 is 11.3 Å². The number of aliphatic imine (C=N–C) groups is 1. The first kappa shape index (κ1) is 11.9. The highest BCUT2D eigenvalue weighted by atomic mass is 14.7. The average molecular weight is 247 g/mol. The third-order valence-electron chi connectivity index (χ3n) is 3.49. The summed E-state index contributed by atoms with van der Waals surface area (Å²) in [7, 11) is 0. The fourth-order valence-electron chi connectivity index (χ4n) is 2.45. The highest BCUT2D eigenvalue weighted by Crippen LogP contribution is 2.24. The van der Waals surface area contributed by atoms with Crippen LogP contribution in [0, 0.1) is 0 Å². The minimum atomic E-state index is 1.05. The molecule has 1 aliphatic heterocycles. The summed E-state index contributed by atoms with van der Waals surface area (Å²) in [5, 5.41) is 0. The van der Waals surface area contributed by atoms with E-state index in [-0.39, 0.29) is 0 Å². The van der Waals surface area contributed by atoms with Gasteiger partial charge >= 0.3 is 0 Å². The molecule has 0 aliphatic carbocycles. The van der Waals surface area contributed by atoms with E-state index in [1.165, 1.54) is 22.4 Å². The van der Waals surface area contributed by atoms with Crippen molar-refractivity contribution in [1.29, 1.82) is 0 Å². The highest BCUT2D eigenvalue weighted by Gasteiger charge is 2.09. The second-order valence-electron chi connectivity index (χ2n) is 4.82. The van der Waals surface area contributed by atoms with Gasteiger partial charge in [0.15, 0.2) is 0 Å². The molecule has 0 saturated carbocycles. The molecule has 1 nitrogen and oxygen atoms in total. The minimum Gasteiger partial charge on any atom is -0.260 e. The summed E-state index contributed by atoms with van der Waals surface area (Å²) in [6.07, 6.45) is 5.36. The van der Waals surface area contributed by atoms with Crippen molar-refractivity contribution < 1.29 is 0 Å². The summed E-state index contributed by atoms with van der Waals surface area (Å²) in [6, 6.07) is 21.0. The first-order valence-electron chi connectivity index (χ1n) is 6.80. The minimum absolute atomic E-state index is 1.05. The van der Waals surface area contributed by atoms with E-state index in [0.29, 0.717) is 0 Å². The molecule has 1 aliphatic rings. The third-order valence-corrected chi connectivity index (χ3v) is 3.49. The van der Waals surface area contributed by atoms with Gasteiger partial charge in [-0.15, -0.1) is 0 Å². The van der Waals surface area contributed by atoms with Gasteiger partial charge < -0.3 is 0 Å². The van der Waals surface area contributed by atoms with Crippen LogP contribution in [0.25, 0.3) is 5.57 Å². The lowest BCUT2D eigenvalue weighted by atomic mass is 10.00. The number of benzene rings is 2. The Labute approximate surface area is 114 Å². The lowest BCUT2D eigenvalue weighted by Crippen LogP contribution is -1.98. The molecule has 2 aromatic carbocycles. The van der Waals surface area contributed by atoms with Crippen molar-refractivity contribution in [2.45, 2.75) is 19.3 Å². The van der Waals surface area contributed by atoms with Gasteiger partial charge in [0.1, 0.15) is 0 Å². The Morgan fingerprint density at radius 2 is 1.32 bits per heavy atom. The van der Waals surface area contributed by atoms with Crippen molar-refractivity contribution in [3.63, 3.8) is 0 Å². The lowest BCUT2D eigenvalue weighted by Gasteiger charge is -2.04. The van der Waals surface area contributed by atoms with Crippen LogP contribution in [0.2, 0.25) is 0 Å². The van der Waals surface area contributed by atoms with Crippen molar-refractivity contribution in [2.75, 3.05) is 0 Å². The molecule has 0 bridgehead atoms. The molecule has 0 radical (unpaired) electrons. The van der Waals surface area contributed by atoms with Crippen molar-refractivity contribution in [3.05, 3.63) is 78.0 Å². The Kier molecular flexibility index (Phi) is 3.55. The van der Waals surface area contributed by atoms with E-state index in [1.807, 2.05) is 12.3 Å². The molecule has 0 saturated heterocycles. The maximum Gasteiger partial charge on any atom is 0.0476 e. The average Bonchev–Trinajstić information content (AvgIpc) is 2.75. The molecule has 0 atom stereocenters. The van der Waals surface area contributed by atoms with Crippen LogP contribution >= 0.6 is 0 Å². The number of nitrogens with zero attached hydrogens (tertiary/aromatic N) is 1. The molecule has 0 fully saturated rings. The predicted molar refractivity (Wildman–Crippen MR) is 81.2 cm³/mol. The van der Waals surface area contributed by atoms with Gasteiger partial charge in [0, 0.05) is 11.9 Å². The van der Waals surface area contributed by atoms with Gasteiger partial charge in [0.2, 0.25) is 0 Å². The fraction of sp³-hybridized carbons (Fsp3) is 0.167. The number of rotatable bonds is 2. The molecule has 1 heteroatoms. The molecule has 0 aromatic heterocycles. The molecular formula is C18H17N. The largest absolute Gasteiger partial charge is 0.260 e. The lowest BCUT2D eigenvalue weighted by molar-refractivity contribution is 0.914. The topological polar surface area (TPSA) is 12.4 Å². The van der Waals surface area contributed by atoms with Gasteiger partial charge in [-0.3, -0.25) is 4.99 Å². The zero-order chi connectivity index (χ0) is 12.9. The molecule has 3 rings (SSSR count). The van der Waals surface area contributed by atoms with Gasteiger partial charge in [-0.1, -0.05) is 60.7 Å². The first-order valence-corrected chi connectivity index (χ1v) is 6.80. The Hall–Kier alpha value is -2.15. The summed E-state index contributed by atoms with van der Waals surface area (Å²) >= 11 is 0. The Balaban J connectivity index is 1.90. The van der Waals surface area contributed by atoms with Crippen LogP contribution in [-0.4, -0.2) is 5.71 Å². The Bertz CT molecular complexity index is 539. The van der Waals surface area contributed by atoms with Crippen molar-refractivity contribution in [2.24, 2.45) is 4.99 Å². The molecule has 2 aromatic rings. The SMILES string of the molecule is C1=C(c2ccccc2)CCCC(c2ccccc2)=N1. The standard InChI is InChI=1S/C18H17N/c1-3-8-15(9-4-1)17-12-7-13-18(19-14-17)16-10-5-2-6-11-16/h1-6,8-11,14H,7,12-13H2. The third kappa shape index (κ3) is 2.82. The molecule has 0 unspecified atom stereocenters.